The molecule has 0 radical (unpaired) electrons. The van der Waals surface area contributed by atoms with Gasteiger partial charge in [0.25, 0.3) is 0 Å². The van der Waals surface area contributed by atoms with Crippen LogP contribution in [0, 0.1) is 0 Å². The number of nitrogens with zero attached hydrogens (tertiary/aromatic N) is 2. The van der Waals surface area contributed by atoms with E-state index in [1.54, 1.807) is 0 Å². The minimum atomic E-state index is 0. The molecule has 0 N–H and O–H groups in total. The molecular weight excluding hydrogens is 520 g/mol. The highest BCUT2D eigenvalue weighted by Gasteiger charge is 2.08. The van der Waals surface area contributed by atoms with Crippen LogP contribution in [0.2, 0.25) is 0 Å². The molecule has 4 aromatic carbocycles. The third kappa shape index (κ3) is 10.9. The summed E-state index contributed by atoms with van der Waals surface area (Å²) in [4.78, 5) is 0. The Morgan fingerprint density at radius 2 is 0.512 bits per heavy atom. The van der Waals surface area contributed by atoms with Crippen molar-refractivity contribution in [3.63, 3.8) is 0 Å². The lowest BCUT2D eigenvalue weighted by Crippen LogP contribution is -1.91. The van der Waals surface area contributed by atoms with Crippen molar-refractivity contribution in [3.8, 4) is 0 Å². The minimum Gasteiger partial charge on any atom is -0.341 e. The zero-order valence-corrected chi connectivity index (χ0v) is 28.3. The molecule has 0 aliphatic carbocycles. The van der Waals surface area contributed by atoms with Gasteiger partial charge in [-0.2, -0.15) is 0 Å². The number of benzene rings is 4. The standard InChI is InChI=1S/2C14H13N.C3H8.4C2H6.2CH4/c2*1-2-15-13-9-5-3-7-11(13)12-8-4-6-10-14(12)15;1-3-2;4*1-2;;/h2*3-10H,2H2,1H3;3H2,1-2H3;4*1-2H3;2*1H4. The number of hydrogen-bond donors (Lipinski definition) is 0. The summed E-state index contributed by atoms with van der Waals surface area (Å²) in [5.74, 6) is 0. The summed E-state index contributed by atoms with van der Waals surface area (Å²) in [6.45, 7) is 26.7. The smallest absolute Gasteiger partial charge is 0.0491 e. The van der Waals surface area contributed by atoms with Gasteiger partial charge in [-0.1, -0.05) is 163 Å². The first-order valence-electron chi connectivity index (χ1n) is 16.2. The fourth-order valence-corrected chi connectivity index (χ4v) is 4.69. The van der Waals surface area contributed by atoms with Crippen LogP contribution in [0.1, 0.15) is 104 Å². The zero-order valence-electron chi connectivity index (χ0n) is 28.3. The van der Waals surface area contributed by atoms with E-state index in [0.29, 0.717) is 0 Å². The van der Waals surface area contributed by atoms with Gasteiger partial charge in [0.05, 0.1) is 0 Å². The molecule has 0 amide bonds. The Morgan fingerprint density at radius 1 is 0.349 bits per heavy atom. The maximum Gasteiger partial charge on any atom is 0.0491 e. The topological polar surface area (TPSA) is 9.86 Å². The van der Waals surface area contributed by atoms with E-state index in [4.69, 9.17) is 0 Å². The van der Waals surface area contributed by atoms with E-state index in [1.807, 2.05) is 55.4 Å². The molecule has 6 rings (SSSR count). The third-order valence-corrected chi connectivity index (χ3v) is 5.99. The van der Waals surface area contributed by atoms with E-state index in [0.717, 1.165) is 13.1 Å². The predicted molar refractivity (Wildman–Crippen MR) is 205 cm³/mol. The van der Waals surface area contributed by atoms with E-state index in [1.165, 1.54) is 50.0 Å². The second-order valence-corrected chi connectivity index (χ2v) is 8.26. The summed E-state index contributed by atoms with van der Waals surface area (Å²) < 4.78 is 4.73. The molecule has 0 saturated carbocycles. The molecule has 0 saturated heterocycles. The van der Waals surface area contributed by atoms with Crippen LogP contribution in [-0.2, 0) is 13.1 Å². The van der Waals surface area contributed by atoms with E-state index >= 15 is 0 Å². The number of hydrogen-bond acceptors (Lipinski definition) is 0. The zero-order chi connectivity index (χ0) is 31.2. The fraction of sp³-hybridized carbons (Fsp3) is 0.415. The molecule has 0 fully saturated rings. The molecule has 2 aromatic heterocycles. The highest BCUT2D eigenvalue weighted by molar-refractivity contribution is 6.08. The van der Waals surface area contributed by atoms with Gasteiger partial charge >= 0.3 is 0 Å². The Hall–Kier alpha value is -3.52. The minimum absolute atomic E-state index is 0. The first-order chi connectivity index (χ1) is 20.2. The van der Waals surface area contributed by atoms with Gasteiger partial charge in [0.15, 0.2) is 0 Å². The van der Waals surface area contributed by atoms with Crippen molar-refractivity contribution in [3.05, 3.63) is 97.1 Å². The predicted octanol–water partition coefficient (Wildman–Crippen LogP) is 14.4. The largest absolute Gasteiger partial charge is 0.341 e. The van der Waals surface area contributed by atoms with Crippen LogP contribution in [0.25, 0.3) is 43.6 Å². The number of rotatable bonds is 2. The van der Waals surface area contributed by atoms with Gasteiger partial charge in [-0.05, 0) is 38.1 Å². The Morgan fingerprint density at radius 3 is 0.674 bits per heavy atom. The molecule has 0 aliphatic rings. The second kappa shape index (κ2) is 26.1. The van der Waals surface area contributed by atoms with E-state index in [9.17, 15) is 0 Å². The number of fused-ring (bicyclic) bond motifs is 6. The van der Waals surface area contributed by atoms with Gasteiger partial charge in [0.1, 0.15) is 0 Å². The molecule has 6 aromatic rings. The SMILES string of the molecule is C.C.CC.CC.CC.CC.CCC.CCn1c2ccccc2c2ccccc21.CCn1c2ccccc2c2ccccc21. The molecule has 0 atom stereocenters. The molecule has 0 bridgehead atoms. The summed E-state index contributed by atoms with van der Waals surface area (Å²) >= 11 is 0. The lowest BCUT2D eigenvalue weighted by molar-refractivity contribution is 0.827. The first kappa shape index (κ1) is 43.9. The van der Waals surface area contributed by atoms with Crippen LogP contribution in [-0.4, -0.2) is 9.13 Å². The highest BCUT2D eigenvalue weighted by atomic mass is 15.0. The average Bonchev–Trinajstić information content (AvgIpc) is 3.58. The average molecular weight is 587 g/mol. The summed E-state index contributed by atoms with van der Waals surface area (Å²) in [5.41, 5.74) is 5.34. The molecule has 0 unspecified atom stereocenters. The molecule has 43 heavy (non-hydrogen) atoms. The quantitative estimate of drug-likeness (QED) is 0.191. The fourth-order valence-electron chi connectivity index (χ4n) is 4.69. The molecule has 2 nitrogen and oxygen atoms in total. The van der Waals surface area contributed by atoms with Gasteiger partial charge in [0.2, 0.25) is 0 Å². The second-order valence-electron chi connectivity index (χ2n) is 8.26. The van der Waals surface area contributed by atoms with E-state index in [-0.39, 0.29) is 14.9 Å². The Balaban J connectivity index is -0.000000545. The van der Waals surface area contributed by atoms with Crippen LogP contribution in [0.5, 0.6) is 0 Å². The van der Waals surface area contributed by atoms with Crippen LogP contribution >= 0.6 is 0 Å². The van der Waals surface area contributed by atoms with Gasteiger partial charge < -0.3 is 9.13 Å². The normalized spacial score (nSPS) is 8.84. The molecule has 0 aliphatic heterocycles. The van der Waals surface area contributed by atoms with E-state index < -0.39 is 0 Å². The monoisotopic (exact) mass is 587 g/mol. The van der Waals surface area contributed by atoms with Crippen molar-refractivity contribution in [1.29, 1.82) is 0 Å². The summed E-state index contributed by atoms with van der Waals surface area (Å²) in [6.07, 6.45) is 1.25. The van der Waals surface area contributed by atoms with Crippen molar-refractivity contribution < 1.29 is 0 Å². The summed E-state index contributed by atoms with van der Waals surface area (Å²) in [5, 5.41) is 5.43. The van der Waals surface area contributed by atoms with Crippen LogP contribution in [0.3, 0.4) is 0 Å². The van der Waals surface area contributed by atoms with Crippen molar-refractivity contribution >= 4 is 43.6 Å². The number of aryl methyl sites for hydroxylation is 2. The first-order valence-corrected chi connectivity index (χ1v) is 16.2. The van der Waals surface area contributed by atoms with Gasteiger partial charge in [-0.25, -0.2) is 0 Å². The van der Waals surface area contributed by atoms with Crippen molar-refractivity contribution in [1.82, 2.24) is 9.13 Å². The molecule has 2 heterocycles. The molecule has 240 valence electrons. The lowest BCUT2D eigenvalue weighted by Gasteiger charge is -2.01. The Bertz CT molecular complexity index is 1260. The Labute approximate surface area is 266 Å². The van der Waals surface area contributed by atoms with Gasteiger partial charge in [-0.15, -0.1) is 0 Å². The van der Waals surface area contributed by atoms with Crippen molar-refractivity contribution in [2.45, 2.75) is 117 Å². The lowest BCUT2D eigenvalue weighted by atomic mass is 10.2. The molecular formula is C41H66N2. The molecule has 0 spiro atoms. The third-order valence-electron chi connectivity index (χ3n) is 5.99. The number of para-hydroxylation sites is 4. The van der Waals surface area contributed by atoms with Gasteiger partial charge in [0, 0.05) is 56.7 Å². The summed E-state index contributed by atoms with van der Waals surface area (Å²) in [6, 6.07) is 34.4. The van der Waals surface area contributed by atoms with Crippen LogP contribution in [0.4, 0.5) is 0 Å². The Kier molecular flexibility index (Phi) is 26.7. The summed E-state index contributed by atoms with van der Waals surface area (Å²) in [7, 11) is 0. The van der Waals surface area contributed by atoms with Crippen molar-refractivity contribution in [2.24, 2.45) is 0 Å². The van der Waals surface area contributed by atoms with Crippen molar-refractivity contribution in [2.75, 3.05) is 0 Å². The maximum atomic E-state index is 2.37. The highest BCUT2D eigenvalue weighted by Crippen LogP contribution is 2.29. The van der Waals surface area contributed by atoms with Crippen LogP contribution < -0.4 is 0 Å². The van der Waals surface area contributed by atoms with E-state index in [2.05, 4.69) is 134 Å². The van der Waals surface area contributed by atoms with Crippen LogP contribution in [0.15, 0.2) is 97.1 Å². The molecule has 2 heteroatoms. The van der Waals surface area contributed by atoms with Gasteiger partial charge in [-0.3, -0.25) is 0 Å². The maximum absolute atomic E-state index is 2.37. The number of aromatic nitrogens is 2.